The lowest BCUT2D eigenvalue weighted by molar-refractivity contribution is -0.0865. The summed E-state index contributed by atoms with van der Waals surface area (Å²) in [5, 5.41) is 9.05. The zero-order valence-electron chi connectivity index (χ0n) is 9.82. The van der Waals surface area contributed by atoms with Gasteiger partial charge < -0.3 is 14.6 Å². The summed E-state index contributed by atoms with van der Waals surface area (Å²) in [6, 6.07) is 0. The molecule has 0 aliphatic rings. The molecule has 0 bridgehead atoms. The fraction of sp³-hybridized carbons (Fsp3) is 1.00. The predicted octanol–water partition coefficient (Wildman–Crippen LogP) is 1.98. The molecular weight excluding hydrogens is 180 g/mol. The minimum absolute atomic E-state index is 0.0285. The fourth-order valence-electron chi connectivity index (χ4n) is 0.949. The first-order valence-corrected chi connectivity index (χ1v) is 5.51. The van der Waals surface area contributed by atoms with Crippen molar-refractivity contribution in [3.8, 4) is 0 Å². The highest BCUT2D eigenvalue weighted by molar-refractivity contribution is 4.59. The molecule has 0 aromatic heterocycles. The second-order valence-electron chi connectivity index (χ2n) is 3.71. The number of rotatable bonds is 8. The van der Waals surface area contributed by atoms with E-state index in [2.05, 4.69) is 13.8 Å². The Morgan fingerprint density at radius 1 is 1.07 bits per heavy atom. The molecule has 3 heteroatoms. The Kier molecular flexibility index (Phi) is 8.14. The lowest BCUT2D eigenvalue weighted by atomic mass is 10.3. The zero-order chi connectivity index (χ0) is 11.0. The van der Waals surface area contributed by atoms with E-state index >= 15 is 0 Å². The van der Waals surface area contributed by atoms with Crippen molar-refractivity contribution in [2.24, 2.45) is 0 Å². The molecule has 0 heterocycles. The summed E-state index contributed by atoms with van der Waals surface area (Å²) in [7, 11) is 0. The third-order valence-corrected chi connectivity index (χ3v) is 2.34. The molecule has 0 aliphatic carbocycles. The molecule has 0 fully saturated rings. The summed E-state index contributed by atoms with van der Waals surface area (Å²) in [5.74, 6) is 0. The number of hydrogen-bond donors (Lipinski definition) is 1. The highest BCUT2D eigenvalue weighted by Crippen LogP contribution is 2.04. The number of hydrogen-bond acceptors (Lipinski definition) is 3. The van der Waals surface area contributed by atoms with E-state index in [9.17, 15) is 0 Å². The van der Waals surface area contributed by atoms with Crippen molar-refractivity contribution in [1.82, 2.24) is 0 Å². The molecule has 0 aromatic rings. The topological polar surface area (TPSA) is 38.7 Å². The van der Waals surface area contributed by atoms with Crippen LogP contribution in [0.25, 0.3) is 0 Å². The van der Waals surface area contributed by atoms with Crippen LogP contribution in [0.3, 0.4) is 0 Å². The van der Waals surface area contributed by atoms with Crippen LogP contribution in [0.1, 0.15) is 40.5 Å². The van der Waals surface area contributed by atoms with E-state index < -0.39 is 0 Å². The van der Waals surface area contributed by atoms with Crippen molar-refractivity contribution in [1.29, 1.82) is 0 Å². The summed E-state index contributed by atoms with van der Waals surface area (Å²) in [4.78, 5) is 0. The van der Waals surface area contributed by atoms with Gasteiger partial charge in [0.25, 0.3) is 0 Å². The first-order chi connectivity index (χ1) is 6.63. The van der Waals surface area contributed by atoms with E-state index in [1.807, 2.05) is 13.8 Å². The van der Waals surface area contributed by atoms with Gasteiger partial charge in [-0.15, -0.1) is 0 Å². The van der Waals surface area contributed by atoms with E-state index in [0.717, 1.165) is 12.8 Å². The maximum Gasteiger partial charge on any atom is 0.104 e. The van der Waals surface area contributed by atoms with Gasteiger partial charge in [0.15, 0.2) is 0 Å². The first-order valence-electron chi connectivity index (χ1n) is 5.51. The molecule has 0 saturated heterocycles. The molecule has 3 atom stereocenters. The minimum atomic E-state index is -0.182. The van der Waals surface area contributed by atoms with E-state index in [-0.39, 0.29) is 24.9 Å². The molecule has 3 nitrogen and oxygen atoms in total. The Morgan fingerprint density at radius 2 is 1.64 bits per heavy atom. The van der Waals surface area contributed by atoms with Gasteiger partial charge in [-0.25, -0.2) is 0 Å². The quantitative estimate of drug-likeness (QED) is 0.657. The zero-order valence-corrected chi connectivity index (χ0v) is 9.82. The molecule has 0 saturated carbocycles. The maximum atomic E-state index is 9.05. The lowest BCUT2D eigenvalue weighted by Gasteiger charge is -2.21. The van der Waals surface area contributed by atoms with Gasteiger partial charge in [-0.2, -0.15) is 0 Å². The summed E-state index contributed by atoms with van der Waals surface area (Å²) in [6.07, 6.45) is 2.19. The van der Waals surface area contributed by atoms with Gasteiger partial charge in [0.05, 0.1) is 25.4 Å². The molecule has 0 rings (SSSR count). The fourth-order valence-corrected chi connectivity index (χ4v) is 0.949. The van der Waals surface area contributed by atoms with Crippen LogP contribution in [0.5, 0.6) is 0 Å². The molecule has 0 aliphatic heterocycles. The molecule has 0 radical (unpaired) electrons. The van der Waals surface area contributed by atoms with Crippen molar-refractivity contribution in [3.63, 3.8) is 0 Å². The van der Waals surface area contributed by atoms with Crippen LogP contribution in [0.2, 0.25) is 0 Å². The third kappa shape index (κ3) is 6.35. The van der Waals surface area contributed by atoms with Gasteiger partial charge in [-0.1, -0.05) is 13.8 Å². The van der Waals surface area contributed by atoms with E-state index in [1.54, 1.807) is 0 Å². The predicted molar refractivity (Wildman–Crippen MR) is 57.4 cm³/mol. The van der Waals surface area contributed by atoms with E-state index in [1.165, 1.54) is 0 Å². The Balaban J connectivity index is 3.68. The summed E-state index contributed by atoms with van der Waals surface area (Å²) in [5.41, 5.74) is 0. The Labute approximate surface area is 87.4 Å². The first kappa shape index (κ1) is 13.9. The summed E-state index contributed by atoms with van der Waals surface area (Å²) in [6.45, 7) is 8.68. The largest absolute Gasteiger partial charge is 0.394 e. The lowest BCUT2D eigenvalue weighted by Crippen LogP contribution is -2.29. The number of aliphatic hydroxyl groups excluding tert-OH is 1. The van der Waals surface area contributed by atoms with Gasteiger partial charge in [-0.3, -0.25) is 0 Å². The Bertz CT molecular complexity index is 128. The summed E-state index contributed by atoms with van der Waals surface area (Å²) >= 11 is 0. The van der Waals surface area contributed by atoms with Crippen molar-refractivity contribution in [3.05, 3.63) is 0 Å². The van der Waals surface area contributed by atoms with E-state index in [0.29, 0.717) is 6.61 Å². The van der Waals surface area contributed by atoms with Gasteiger partial charge in [-0.05, 0) is 26.7 Å². The van der Waals surface area contributed by atoms with Gasteiger partial charge in [0, 0.05) is 0 Å². The minimum Gasteiger partial charge on any atom is -0.394 e. The van der Waals surface area contributed by atoms with Gasteiger partial charge in [0.2, 0.25) is 0 Å². The molecule has 0 amide bonds. The molecule has 0 spiro atoms. The second-order valence-corrected chi connectivity index (χ2v) is 3.71. The van der Waals surface area contributed by atoms with Crippen LogP contribution in [0, 0.1) is 0 Å². The summed E-state index contributed by atoms with van der Waals surface area (Å²) < 4.78 is 11.1. The Hall–Kier alpha value is -0.120. The average Bonchev–Trinajstić information content (AvgIpc) is 2.22. The van der Waals surface area contributed by atoms with Crippen LogP contribution in [0.4, 0.5) is 0 Å². The van der Waals surface area contributed by atoms with Crippen molar-refractivity contribution >= 4 is 0 Å². The van der Waals surface area contributed by atoms with Crippen molar-refractivity contribution < 1.29 is 14.6 Å². The standard InChI is InChI=1S/C11H24O3/c1-5-9(3)13-8-11(7-12)14-10(4)6-2/h9-12H,5-8H2,1-4H3. The van der Waals surface area contributed by atoms with Gasteiger partial charge in [0.1, 0.15) is 6.10 Å². The van der Waals surface area contributed by atoms with E-state index in [4.69, 9.17) is 14.6 Å². The average molecular weight is 204 g/mol. The van der Waals surface area contributed by atoms with Crippen molar-refractivity contribution in [2.45, 2.75) is 58.8 Å². The number of aliphatic hydroxyl groups is 1. The van der Waals surface area contributed by atoms with Crippen LogP contribution in [0.15, 0.2) is 0 Å². The number of ether oxygens (including phenoxy) is 2. The SMILES string of the molecule is CCC(C)OCC(CO)OC(C)CC. The molecule has 1 N–H and O–H groups in total. The van der Waals surface area contributed by atoms with Gasteiger partial charge >= 0.3 is 0 Å². The Morgan fingerprint density at radius 3 is 2.07 bits per heavy atom. The molecule has 3 unspecified atom stereocenters. The highest BCUT2D eigenvalue weighted by Gasteiger charge is 2.12. The second kappa shape index (κ2) is 8.21. The molecular formula is C11H24O3. The monoisotopic (exact) mass is 204 g/mol. The van der Waals surface area contributed by atoms with Crippen LogP contribution < -0.4 is 0 Å². The maximum absolute atomic E-state index is 9.05. The normalized spacial score (nSPS) is 17.8. The van der Waals surface area contributed by atoms with Crippen LogP contribution in [-0.4, -0.2) is 36.6 Å². The highest BCUT2D eigenvalue weighted by atomic mass is 16.5. The van der Waals surface area contributed by atoms with Crippen LogP contribution >= 0.6 is 0 Å². The van der Waals surface area contributed by atoms with Crippen LogP contribution in [-0.2, 0) is 9.47 Å². The smallest absolute Gasteiger partial charge is 0.104 e. The molecule has 14 heavy (non-hydrogen) atoms. The van der Waals surface area contributed by atoms with Crippen molar-refractivity contribution in [2.75, 3.05) is 13.2 Å². The molecule has 0 aromatic carbocycles. The molecule has 86 valence electrons. The third-order valence-electron chi connectivity index (χ3n) is 2.34.